The van der Waals surface area contributed by atoms with Crippen molar-refractivity contribution in [3.05, 3.63) is 12.7 Å². The first-order chi connectivity index (χ1) is 32.2. The number of amides is 2. The summed E-state index contributed by atoms with van der Waals surface area (Å²) in [7, 11) is -17.7. The van der Waals surface area contributed by atoms with Crippen LogP contribution in [0.25, 0.3) is 11.2 Å². The number of rotatable bonds is 29. The fraction of sp³-hybridized carbons (Fsp3) is 0.750. The molecule has 0 aromatic carbocycles. The minimum Gasteiger partial charge on any atom is -0.790 e. The van der Waals surface area contributed by atoms with E-state index in [2.05, 4.69) is 43.5 Å². The minimum atomic E-state index is -5.95. The summed E-state index contributed by atoms with van der Waals surface area (Å²) in [6, 6.07) is 0. The van der Waals surface area contributed by atoms with Crippen LogP contribution in [-0.4, -0.2) is 150 Å². The number of thioether (sulfide) groups is 1. The molecule has 0 bridgehead atoms. The van der Waals surface area contributed by atoms with Gasteiger partial charge in [0.2, 0.25) is 11.8 Å². The van der Waals surface area contributed by atoms with Gasteiger partial charge in [-0.2, -0.15) is 0 Å². The molecule has 11 atom stereocenters. The summed E-state index contributed by atoms with van der Waals surface area (Å²) in [4.78, 5) is 109. The van der Waals surface area contributed by atoms with Crippen LogP contribution in [0.15, 0.2) is 12.7 Å². The van der Waals surface area contributed by atoms with Gasteiger partial charge in [-0.1, -0.05) is 38.5 Å². The fourth-order valence-electron chi connectivity index (χ4n) is 6.64. The van der Waals surface area contributed by atoms with Crippen molar-refractivity contribution >= 4 is 74.9 Å². The van der Waals surface area contributed by atoms with Gasteiger partial charge in [-0.25, -0.2) is 19.3 Å². The average Bonchev–Trinajstić information content (AvgIpc) is 3.81. The lowest BCUT2D eigenvalue weighted by atomic mass is 9.87. The molecule has 2 aliphatic heterocycles. The smallest absolute Gasteiger partial charge is 0.274 e. The van der Waals surface area contributed by atoms with Crippen LogP contribution < -0.4 is 35.9 Å². The molecule has 4 heterocycles. The molecule has 0 aliphatic carbocycles. The molecule has 2 fully saturated rings. The Hall–Kier alpha value is -2.93. The number of ketones is 1. The summed E-state index contributed by atoms with van der Waals surface area (Å²) in [6.07, 6.45) is -7.85. The predicted octanol–water partition coefficient (Wildman–Crippen LogP) is -3.08. The van der Waals surface area contributed by atoms with Crippen LogP contribution >= 0.6 is 35.2 Å². The molecular weight excluding hydrogens is 1010 g/mol. The maximum absolute atomic E-state index is 12.6. The van der Waals surface area contributed by atoms with Crippen molar-refractivity contribution in [1.82, 2.24) is 30.2 Å². The summed E-state index contributed by atoms with van der Waals surface area (Å²) in [6.45, 7) is 1.83. The van der Waals surface area contributed by atoms with Crippen molar-refractivity contribution in [3.8, 4) is 0 Å². The van der Waals surface area contributed by atoms with Crippen LogP contribution in [0.3, 0.4) is 0 Å². The molecule has 0 radical (unpaired) electrons. The third kappa shape index (κ3) is 18.9. The zero-order valence-corrected chi connectivity index (χ0v) is 41.0. The molecule has 2 amide bonds. The van der Waals surface area contributed by atoms with Crippen molar-refractivity contribution in [3.63, 3.8) is 0 Å². The van der Waals surface area contributed by atoms with Gasteiger partial charge in [0.15, 0.2) is 29.1 Å². The Morgan fingerprint density at radius 2 is 1.65 bits per heavy atom. The van der Waals surface area contributed by atoms with Crippen LogP contribution in [0.2, 0.25) is 0 Å². The Kier molecular flexibility index (Phi) is 22.2. The topological polar surface area (TPSA) is 451 Å². The molecule has 2 aromatic rings. The van der Waals surface area contributed by atoms with E-state index in [9.17, 15) is 72.9 Å². The lowest BCUT2D eigenvalue weighted by Gasteiger charge is -2.36. The first kappa shape index (κ1) is 58.6. The van der Waals surface area contributed by atoms with Crippen molar-refractivity contribution < 1.29 is 105 Å². The molecule has 4 rings (SSSR count). The number of aliphatic hydroxyl groups is 4. The zero-order valence-electron chi connectivity index (χ0n) is 37.5. The largest absolute Gasteiger partial charge is 0.790 e. The van der Waals surface area contributed by atoms with Crippen LogP contribution in [0.5, 0.6) is 0 Å². The van der Waals surface area contributed by atoms with E-state index in [-0.39, 0.29) is 72.4 Å². The highest BCUT2D eigenvalue weighted by atomic mass is 32.2. The maximum atomic E-state index is 12.6. The van der Waals surface area contributed by atoms with E-state index in [1.54, 1.807) is 6.92 Å². The van der Waals surface area contributed by atoms with Crippen molar-refractivity contribution in [2.75, 3.05) is 44.4 Å². The van der Waals surface area contributed by atoms with Crippen LogP contribution in [-0.2, 0) is 65.0 Å². The summed E-state index contributed by atoms with van der Waals surface area (Å²) >= 11 is 0.866. The molecule has 2 unspecified atom stereocenters. The first-order valence-electron chi connectivity index (χ1n) is 21.3. The number of phosphoric ester groups is 3. The molecule has 33 heteroatoms. The molecule has 2 saturated heterocycles. The number of nitrogens with zero attached hydrogens (tertiary/aromatic N) is 4. The highest BCUT2D eigenvalue weighted by Crippen LogP contribution is 2.56. The van der Waals surface area contributed by atoms with E-state index in [1.807, 2.05) is 0 Å². The van der Waals surface area contributed by atoms with E-state index in [0.29, 0.717) is 19.4 Å². The summed E-state index contributed by atoms with van der Waals surface area (Å²) in [5, 5.41) is 45.6. The van der Waals surface area contributed by atoms with E-state index >= 15 is 0 Å². The Labute approximate surface area is 398 Å². The van der Waals surface area contributed by atoms with Gasteiger partial charge in [0.1, 0.15) is 48.1 Å². The van der Waals surface area contributed by atoms with Crippen LogP contribution in [0, 0.1) is 5.41 Å². The quantitative estimate of drug-likeness (QED) is 0.0241. The second kappa shape index (κ2) is 26.1. The SMILES string of the molecule is C[C@@H]1O[C@@H](OCCCCCCC(=O)CC(=O)SCCNC(=O)CCNC(=O)[C@H](O)C(C)(C)COP(=O)([O-])OP(=O)([O-])OC[C@H]2O[C@@H](n3cnc4c(N)ncnc43)[C@H](O)[C@@H]2OP(=O)([O-])[O-])[C@H](O)C[C@H]1O. The molecule has 0 spiro atoms. The number of Topliss-reactive ketones (excluding diaryl/α,β-unsaturated/α-hetero) is 1. The minimum absolute atomic E-state index is 0.0303. The van der Waals surface area contributed by atoms with Gasteiger partial charge in [-0.05, 0) is 19.8 Å². The van der Waals surface area contributed by atoms with Crippen molar-refractivity contribution in [2.45, 2.75) is 127 Å². The number of phosphoric acid groups is 3. The van der Waals surface area contributed by atoms with Gasteiger partial charge in [-0.15, -0.1) is 0 Å². The summed E-state index contributed by atoms with van der Waals surface area (Å²) in [5.74, 6) is -1.74. The number of fused-ring (bicyclic) bond motifs is 1. The molecule has 0 saturated carbocycles. The number of nitrogens with one attached hydrogen (secondary N) is 2. The van der Waals surface area contributed by atoms with Crippen molar-refractivity contribution in [1.29, 1.82) is 0 Å². The zero-order chi connectivity index (χ0) is 51.3. The number of nitrogen functional groups attached to an aromatic ring is 1. The standard InChI is InChI=1S/C36H60N7O22P3S/c1-20-22(45)15-23(46)35(62-20)59-12-7-5-4-6-8-21(44)14-26(48)69-13-11-38-25(47)9-10-39-33(51)30(50)36(2,3)17-61-68(57,58)65-67(55,56)60-16-24-29(64-66(52,53)54)28(49)34(63-24)43-19-42-27-31(37)40-18-41-32(27)43/h18-20,22-24,28-30,34-35,45-46,49-50H,4-17H2,1-3H3,(H,38,47)(H,39,51)(H,55,56)(H,57,58)(H2,37,40,41)(H2,52,53,54)/p-4/t20-,22+,23+,24+,28+,29+,30-,34+,35+/m0/s1. The van der Waals surface area contributed by atoms with Crippen LogP contribution in [0.1, 0.15) is 78.4 Å². The second-order valence-corrected chi connectivity index (χ2v) is 21.8. The van der Waals surface area contributed by atoms with E-state index in [1.165, 1.54) is 13.8 Å². The molecular formula is C36H56N7O22P3S-4. The first-order valence-corrected chi connectivity index (χ1v) is 26.7. The molecule has 392 valence electrons. The maximum Gasteiger partial charge on any atom is 0.274 e. The van der Waals surface area contributed by atoms with Gasteiger partial charge in [-0.3, -0.25) is 32.9 Å². The van der Waals surface area contributed by atoms with Gasteiger partial charge >= 0.3 is 0 Å². The monoisotopic (exact) mass is 1060 g/mol. The van der Waals surface area contributed by atoms with Crippen molar-refractivity contribution in [2.24, 2.45) is 5.41 Å². The number of unbranched alkanes of at least 4 members (excludes halogenated alkanes) is 3. The van der Waals surface area contributed by atoms with E-state index in [4.69, 9.17) is 19.9 Å². The van der Waals surface area contributed by atoms with Gasteiger partial charge < -0.3 is 88.7 Å². The number of imidazole rings is 1. The van der Waals surface area contributed by atoms with Crippen LogP contribution in [0.4, 0.5) is 5.82 Å². The fourth-order valence-corrected chi connectivity index (χ4v) is 10.1. The number of carbonyl (C=O) groups is 4. The number of aromatic nitrogens is 4. The highest BCUT2D eigenvalue weighted by Gasteiger charge is 2.47. The molecule has 8 N–H and O–H groups in total. The number of hydrogen-bond acceptors (Lipinski definition) is 27. The summed E-state index contributed by atoms with van der Waals surface area (Å²) < 4.78 is 71.7. The highest BCUT2D eigenvalue weighted by molar-refractivity contribution is 8.13. The van der Waals surface area contributed by atoms with Gasteiger partial charge in [0, 0.05) is 50.1 Å². The van der Waals surface area contributed by atoms with E-state index < -0.39 is 109 Å². The number of nitrogens with two attached hydrogens (primary N) is 1. The molecule has 29 nitrogen and oxygen atoms in total. The second-order valence-electron chi connectivity index (χ2n) is 16.5. The number of ether oxygens (including phenoxy) is 3. The third-order valence-electron chi connectivity index (χ3n) is 10.4. The van der Waals surface area contributed by atoms with Gasteiger partial charge in [0.05, 0.1) is 46.0 Å². The van der Waals surface area contributed by atoms with Gasteiger partial charge in [0.25, 0.3) is 15.6 Å². The average molecular weight is 1060 g/mol. The normalized spacial score (nSPS) is 25.4. The predicted molar refractivity (Wildman–Crippen MR) is 228 cm³/mol. The summed E-state index contributed by atoms with van der Waals surface area (Å²) in [5.41, 5.74) is 4.01. The van der Waals surface area contributed by atoms with E-state index in [0.717, 1.165) is 41.8 Å². The number of aliphatic hydroxyl groups excluding tert-OH is 4. The lowest BCUT2D eigenvalue weighted by Crippen LogP contribution is -2.47. The Morgan fingerprint density at radius 3 is 2.36 bits per heavy atom. The number of anilines is 1. The Morgan fingerprint density at radius 1 is 0.957 bits per heavy atom. The Bertz CT molecular complexity index is 2210. The molecule has 2 aliphatic rings. The number of carbonyl (C=O) groups excluding carboxylic acids is 4. The Balaban J connectivity index is 1.09. The lowest BCUT2D eigenvalue weighted by molar-refractivity contribution is -0.347. The molecule has 69 heavy (non-hydrogen) atoms. The third-order valence-corrected chi connectivity index (χ3v) is 14.3. The molecule has 2 aromatic heterocycles. The number of hydrogen-bond donors (Lipinski definition) is 7.